The lowest BCUT2D eigenvalue weighted by molar-refractivity contribution is -0.150. The summed E-state index contributed by atoms with van der Waals surface area (Å²) in [5, 5.41) is 12.4. The summed E-state index contributed by atoms with van der Waals surface area (Å²) < 4.78 is 5.51. The summed E-state index contributed by atoms with van der Waals surface area (Å²) in [7, 11) is 0. The number of amides is 2. The largest absolute Gasteiger partial charge is 0.481 e. The van der Waals surface area contributed by atoms with Crippen molar-refractivity contribution in [2.24, 2.45) is 5.41 Å². The van der Waals surface area contributed by atoms with Crippen LogP contribution in [0, 0.1) is 5.41 Å². The van der Waals surface area contributed by atoms with Gasteiger partial charge in [0.15, 0.2) is 0 Å². The van der Waals surface area contributed by atoms with Crippen molar-refractivity contribution < 1.29 is 19.4 Å². The van der Waals surface area contributed by atoms with E-state index in [4.69, 9.17) is 4.74 Å². The number of carbonyl (C=O) groups is 2. The summed E-state index contributed by atoms with van der Waals surface area (Å²) in [6.45, 7) is 5.18. The van der Waals surface area contributed by atoms with Gasteiger partial charge in [0.2, 0.25) is 0 Å². The first-order valence-corrected chi connectivity index (χ1v) is 7.84. The molecule has 2 atom stereocenters. The van der Waals surface area contributed by atoms with E-state index in [1.807, 2.05) is 13.8 Å². The molecule has 2 rings (SSSR count). The summed E-state index contributed by atoms with van der Waals surface area (Å²) in [5.74, 6) is -0.786. The molecule has 0 spiro atoms. The van der Waals surface area contributed by atoms with Crippen LogP contribution in [0.15, 0.2) is 0 Å². The van der Waals surface area contributed by atoms with Gasteiger partial charge in [-0.25, -0.2) is 4.79 Å². The third kappa shape index (κ3) is 3.67. The van der Waals surface area contributed by atoms with Crippen LogP contribution in [0.2, 0.25) is 0 Å². The maximum Gasteiger partial charge on any atom is 0.317 e. The molecule has 0 bridgehead atoms. The predicted molar refractivity (Wildman–Crippen MR) is 78.1 cm³/mol. The van der Waals surface area contributed by atoms with Gasteiger partial charge in [0.05, 0.1) is 24.2 Å². The van der Waals surface area contributed by atoms with Gasteiger partial charge < -0.3 is 20.1 Å². The van der Waals surface area contributed by atoms with Gasteiger partial charge in [0.25, 0.3) is 0 Å². The zero-order valence-electron chi connectivity index (χ0n) is 12.9. The highest BCUT2D eigenvalue weighted by Gasteiger charge is 2.40. The number of rotatable bonds is 3. The lowest BCUT2D eigenvalue weighted by Gasteiger charge is -2.38. The fourth-order valence-corrected chi connectivity index (χ4v) is 3.23. The minimum atomic E-state index is -0.786. The van der Waals surface area contributed by atoms with Crippen LogP contribution in [0.4, 0.5) is 4.79 Å². The number of hydrogen-bond donors (Lipinski definition) is 2. The predicted octanol–water partition coefficient (Wildman–Crippen LogP) is 1.84. The highest BCUT2D eigenvalue weighted by atomic mass is 16.5. The van der Waals surface area contributed by atoms with Crippen LogP contribution in [-0.4, -0.2) is 53.8 Å². The molecular weight excluding hydrogens is 272 g/mol. The summed E-state index contributed by atoms with van der Waals surface area (Å²) in [4.78, 5) is 25.7. The van der Waals surface area contributed by atoms with E-state index in [-0.39, 0.29) is 24.7 Å². The van der Waals surface area contributed by atoms with Crippen LogP contribution in [0.25, 0.3) is 0 Å². The Morgan fingerprint density at radius 2 is 1.95 bits per heavy atom. The summed E-state index contributed by atoms with van der Waals surface area (Å²) >= 11 is 0. The normalized spacial score (nSPS) is 29.0. The number of nitrogens with zero attached hydrogens (tertiary/aromatic N) is 1. The van der Waals surface area contributed by atoms with Crippen molar-refractivity contribution in [1.29, 1.82) is 0 Å². The average Bonchev–Trinajstić information content (AvgIpc) is 2.48. The van der Waals surface area contributed by atoms with Crippen molar-refractivity contribution in [3.63, 3.8) is 0 Å². The van der Waals surface area contributed by atoms with Crippen molar-refractivity contribution in [2.45, 2.75) is 58.1 Å². The number of ether oxygens (including phenoxy) is 1. The second-order valence-electron chi connectivity index (χ2n) is 6.45. The maximum atomic E-state index is 12.3. The lowest BCUT2D eigenvalue weighted by Crippen LogP contribution is -2.55. The Morgan fingerprint density at radius 3 is 2.57 bits per heavy atom. The van der Waals surface area contributed by atoms with Crippen LogP contribution in [-0.2, 0) is 9.53 Å². The van der Waals surface area contributed by atoms with Gasteiger partial charge in [-0.3, -0.25) is 4.79 Å². The second kappa shape index (κ2) is 6.64. The smallest absolute Gasteiger partial charge is 0.317 e. The third-order valence-corrected chi connectivity index (χ3v) is 4.71. The molecule has 2 unspecified atom stereocenters. The number of nitrogens with one attached hydrogen (secondary N) is 1. The van der Waals surface area contributed by atoms with Gasteiger partial charge in [0.1, 0.15) is 0 Å². The monoisotopic (exact) mass is 298 g/mol. The van der Waals surface area contributed by atoms with E-state index in [9.17, 15) is 14.7 Å². The summed E-state index contributed by atoms with van der Waals surface area (Å²) in [6.07, 6.45) is 4.26. The Hall–Kier alpha value is -1.30. The van der Waals surface area contributed by atoms with E-state index >= 15 is 0 Å². The van der Waals surface area contributed by atoms with Crippen molar-refractivity contribution in [2.75, 3.05) is 19.7 Å². The topological polar surface area (TPSA) is 78.9 Å². The highest BCUT2D eigenvalue weighted by Crippen LogP contribution is 2.36. The molecule has 0 aromatic carbocycles. The van der Waals surface area contributed by atoms with Crippen molar-refractivity contribution in [3.05, 3.63) is 0 Å². The molecule has 2 fully saturated rings. The molecule has 1 saturated heterocycles. The number of carboxylic acids is 1. The number of aliphatic carboxylic acids is 1. The first-order chi connectivity index (χ1) is 9.94. The molecule has 2 amide bonds. The second-order valence-corrected chi connectivity index (χ2v) is 6.45. The third-order valence-electron chi connectivity index (χ3n) is 4.71. The minimum absolute atomic E-state index is 0.0216. The van der Waals surface area contributed by atoms with Gasteiger partial charge in [-0.2, -0.15) is 0 Å². The zero-order chi connectivity index (χ0) is 15.5. The Labute approximate surface area is 125 Å². The van der Waals surface area contributed by atoms with Crippen LogP contribution < -0.4 is 5.32 Å². The van der Waals surface area contributed by atoms with Gasteiger partial charge >= 0.3 is 12.0 Å². The van der Waals surface area contributed by atoms with Gasteiger partial charge in [0, 0.05) is 13.1 Å². The molecule has 21 heavy (non-hydrogen) atoms. The van der Waals surface area contributed by atoms with Crippen LogP contribution >= 0.6 is 0 Å². The van der Waals surface area contributed by atoms with Crippen molar-refractivity contribution in [3.8, 4) is 0 Å². The SMILES string of the molecule is CC1CN(C(=O)NCC2(C(=O)O)CCCCC2)C(C)CO1. The minimum Gasteiger partial charge on any atom is -0.481 e. The number of carbonyl (C=O) groups excluding carboxylic acids is 1. The highest BCUT2D eigenvalue weighted by molar-refractivity contribution is 5.78. The van der Waals surface area contributed by atoms with Crippen LogP contribution in [0.3, 0.4) is 0 Å². The molecule has 120 valence electrons. The molecule has 1 heterocycles. The molecule has 1 aliphatic carbocycles. The molecule has 1 aliphatic heterocycles. The van der Waals surface area contributed by atoms with E-state index in [1.54, 1.807) is 4.90 Å². The van der Waals surface area contributed by atoms with Crippen molar-refractivity contribution in [1.82, 2.24) is 10.2 Å². The Bertz CT molecular complexity index is 393. The molecule has 2 aliphatic rings. The maximum absolute atomic E-state index is 12.3. The van der Waals surface area contributed by atoms with E-state index in [0.29, 0.717) is 26.0 Å². The molecule has 0 radical (unpaired) electrons. The lowest BCUT2D eigenvalue weighted by atomic mass is 9.74. The van der Waals surface area contributed by atoms with Crippen LogP contribution in [0.5, 0.6) is 0 Å². The Morgan fingerprint density at radius 1 is 1.29 bits per heavy atom. The quantitative estimate of drug-likeness (QED) is 0.833. The fourth-order valence-electron chi connectivity index (χ4n) is 3.23. The van der Waals surface area contributed by atoms with Gasteiger partial charge in [-0.1, -0.05) is 19.3 Å². The number of hydrogen-bond acceptors (Lipinski definition) is 3. The Kier molecular flexibility index (Phi) is 5.08. The molecule has 6 heteroatoms. The fraction of sp³-hybridized carbons (Fsp3) is 0.867. The zero-order valence-corrected chi connectivity index (χ0v) is 12.9. The van der Waals surface area contributed by atoms with Crippen LogP contribution in [0.1, 0.15) is 46.0 Å². The van der Waals surface area contributed by atoms with E-state index in [2.05, 4.69) is 5.32 Å². The van der Waals surface area contributed by atoms with E-state index < -0.39 is 11.4 Å². The summed E-state index contributed by atoms with van der Waals surface area (Å²) in [6, 6.07) is -0.155. The van der Waals surface area contributed by atoms with E-state index in [1.165, 1.54) is 0 Å². The Balaban J connectivity index is 1.94. The first-order valence-electron chi connectivity index (χ1n) is 7.84. The first kappa shape index (κ1) is 16.1. The molecule has 2 N–H and O–H groups in total. The number of morpholine rings is 1. The van der Waals surface area contributed by atoms with Gasteiger partial charge in [-0.05, 0) is 26.7 Å². The molecule has 6 nitrogen and oxygen atoms in total. The molecular formula is C15H26N2O4. The average molecular weight is 298 g/mol. The molecule has 1 saturated carbocycles. The van der Waals surface area contributed by atoms with Gasteiger partial charge in [-0.15, -0.1) is 0 Å². The van der Waals surface area contributed by atoms with E-state index in [0.717, 1.165) is 19.3 Å². The number of urea groups is 1. The standard InChI is InChI=1S/C15H26N2O4/c1-11-9-21-12(2)8-17(11)14(20)16-10-15(13(18)19)6-4-3-5-7-15/h11-12H,3-10H2,1-2H3,(H,16,20)(H,18,19). The molecule has 0 aromatic heterocycles. The summed E-state index contributed by atoms with van der Waals surface area (Å²) in [5.41, 5.74) is -0.783. The molecule has 0 aromatic rings. The van der Waals surface area contributed by atoms with Crippen molar-refractivity contribution >= 4 is 12.0 Å². The number of carboxylic acid groups (broad SMARTS) is 1.